The molecule has 1 unspecified atom stereocenters. The number of benzene rings is 2. The number of halogens is 1. The third-order valence-electron chi connectivity index (χ3n) is 7.27. The Balaban J connectivity index is 1.26. The minimum Gasteiger partial charge on any atom is -0.355 e. The first kappa shape index (κ1) is 23.6. The van der Waals surface area contributed by atoms with Crippen LogP contribution in [0.5, 0.6) is 0 Å². The fourth-order valence-corrected chi connectivity index (χ4v) is 5.39. The Morgan fingerprint density at radius 3 is 2.54 bits per heavy atom. The number of hydrogen-bond donors (Lipinski definition) is 0. The van der Waals surface area contributed by atoms with Crippen LogP contribution in [-0.4, -0.2) is 58.3 Å². The van der Waals surface area contributed by atoms with Crippen molar-refractivity contribution in [3.63, 3.8) is 0 Å². The van der Waals surface area contributed by atoms with Gasteiger partial charge in [0, 0.05) is 68.8 Å². The topological polar surface area (TPSA) is 36.7 Å². The summed E-state index contributed by atoms with van der Waals surface area (Å²) in [6.45, 7) is 12.4. The maximum absolute atomic E-state index is 6.62. The van der Waals surface area contributed by atoms with Crippen molar-refractivity contribution in [2.45, 2.75) is 25.8 Å². The highest BCUT2D eigenvalue weighted by Crippen LogP contribution is 2.43. The maximum Gasteiger partial charge on any atom is 0.121 e. The fourth-order valence-electron chi connectivity index (χ4n) is 5.12. The molecule has 1 atom stereocenters. The third kappa shape index (κ3) is 5.26. The molecule has 0 bridgehead atoms. The summed E-state index contributed by atoms with van der Waals surface area (Å²) in [5.41, 5.74) is 6.31. The quantitative estimate of drug-likeness (QED) is 0.402. The first-order valence-corrected chi connectivity index (χ1v) is 12.7. The van der Waals surface area contributed by atoms with E-state index >= 15 is 0 Å². The van der Waals surface area contributed by atoms with Gasteiger partial charge in [-0.3, -0.25) is 4.90 Å². The van der Waals surface area contributed by atoms with Gasteiger partial charge in [0.1, 0.15) is 5.82 Å². The molecule has 2 aromatic carbocycles. The molecule has 5 rings (SSSR count). The smallest absolute Gasteiger partial charge is 0.121 e. The number of fused-ring (bicyclic) bond motifs is 1. The highest BCUT2D eigenvalue weighted by molar-refractivity contribution is 6.31. The number of imidazole rings is 1. The summed E-state index contributed by atoms with van der Waals surface area (Å²) in [5.74, 6) is 1.06. The number of aromatic nitrogens is 2. The number of rotatable bonds is 7. The van der Waals surface area contributed by atoms with Crippen molar-refractivity contribution >= 4 is 23.4 Å². The van der Waals surface area contributed by atoms with E-state index in [4.69, 9.17) is 16.6 Å². The molecule has 2 heterocycles. The van der Waals surface area contributed by atoms with Gasteiger partial charge in [-0.05, 0) is 47.2 Å². The predicted molar refractivity (Wildman–Crippen MR) is 145 cm³/mol. The molecule has 3 aromatic rings. The molecule has 5 nitrogen and oxygen atoms in total. The van der Waals surface area contributed by atoms with Gasteiger partial charge < -0.3 is 9.47 Å². The largest absolute Gasteiger partial charge is 0.355 e. The summed E-state index contributed by atoms with van der Waals surface area (Å²) in [4.78, 5) is 13.8. The summed E-state index contributed by atoms with van der Waals surface area (Å²) < 4.78 is 2.13. The molecule has 35 heavy (non-hydrogen) atoms. The monoisotopic (exact) mass is 485 g/mol. The zero-order valence-electron chi connectivity index (χ0n) is 20.3. The molecule has 0 N–H and O–H groups in total. The molecule has 1 aliphatic carbocycles. The molecular formula is C29H32ClN5. The number of aliphatic imine (C=N–C) groups is 1. The lowest BCUT2D eigenvalue weighted by atomic mass is 9.76. The Kier molecular flexibility index (Phi) is 7.16. The van der Waals surface area contributed by atoms with Gasteiger partial charge in [-0.15, -0.1) is 0 Å². The van der Waals surface area contributed by atoms with Gasteiger partial charge in [-0.1, -0.05) is 60.6 Å². The second-order valence-corrected chi connectivity index (χ2v) is 9.73. The summed E-state index contributed by atoms with van der Waals surface area (Å²) >= 11 is 6.62. The van der Waals surface area contributed by atoms with Gasteiger partial charge in [0.05, 0.1) is 6.33 Å². The Morgan fingerprint density at radius 2 is 1.80 bits per heavy atom. The van der Waals surface area contributed by atoms with Gasteiger partial charge in [0.25, 0.3) is 0 Å². The van der Waals surface area contributed by atoms with Crippen LogP contribution in [0.3, 0.4) is 0 Å². The minimum absolute atomic E-state index is 0.220. The molecule has 1 aromatic heterocycles. The predicted octanol–water partition coefficient (Wildman–Crippen LogP) is 5.71. The van der Waals surface area contributed by atoms with Gasteiger partial charge in [-0.25, -0.2) is 9.98 Å². The number of allylic oxidation sites excluding steroid dienone is 2. The highest BCUT2D eigenvalue weighted by atomic mass is 35.5. The van der Waals surface area contributed by atoms with Crippen LogP contribution in [0.15, 0.2) is 90.2 Å². The summed E-state index contributed by atoms with van der Waals surface area (Å²) in [7, 11) is 0. The second-order valence-electron chi connectivity index (χ2n) is 9.32. The van der Waals surface area contributed by atoms with Crippen molar-refractivity contribution in [1.82, 2.24) is 19.4 Å². The molecule has 0 saturated carbocycles. The Labute approximate surface area is 213 Å². The van der Waals surface area contributed by atoms with E-state index in [2.05, 4.69) is 69.3 Å². The Bertz CT molecular complexity index is 1240. The Hall–Kier alpha value is -3.15. The molecule has 2 aliphatic rings. The van der Waals surface area contributed by atoms with Gasteiger partial charge >= 0.3 is 0 Å². The average Bonchev–Trinajstić information content (AvgIpc) is 3.42. The van der Waals surface area contributed by atoms with Crippen molar-refractivity contribution in [2.75, 3.05) is 32.7 Å². The molecule has 6 heteroatoms. The van der Waals surface area contributed by atoms with E-state index in [1.54, 1.807) is 0 Å². The van der Waals surface area contributed by atoms with Gasteiger partial charge in [-0.2, -0.15) is 0 Å². The van der Waals surface area contributed by atoms with Crippen molar-refractivity contribution in [2.24, 2.45) is 4.99 Å². The number of piperazine rings is 1. The van der Waals surface area contributed by atoms with Crippen LogP contribution in [0.2, 0.25) is 5.02 Å². The SMILES string of the molecule is C=C(/N=C\C1=C(C)c2ccccc2C(c2ccccc2Cl)C1)N1CCN(CCn2ccnc2)CC1. The van der Waals surface area contributed by atoms with Crippen LogP contribution in [0, 0.1) is 0 Å². The van der Waals surface area contributed by atoms with E-state index in [0.717, 1.165) is 56.5 Å². The number of nitrogens with zero attached hydrogens (tertiary/aromatic N) is 5. The fraction of sp³-hybridized carbons (Fsp3) is 0.310. The van der Waals surface area contributed by atoms with Crippen LogP contribution >= 0.6 is 11.6 Å². The van der Waals surface area contributed by atoms with E-state index in [1.807, 2.05) is 37.1 Å². The van der Waals surface area contributed by atoms with Crippen molar-refractivity contribution < 1.29 is 0 Å². The number of hydrogen-bond acceptors (Lipinski definition) is 4. The molecule has 0 radical (unpaired) electrons. The lowest BCUT2D eigenvalue weighted by Crippen LogP contribution is -2.46. The van der Waals surface area contributed by atoms with Crippen molar-refractivity contribution in [3.05, 3.63) is 107 Å². The van der Waals surface area contributed by atoms with Crippen molar-refractivity contribution in [1.29, 1.82) is 0 Å². The van der Waals surface area contributed by atoms with E-state index in [0.29, 0.717) is 0 Å². The van der Waals surface area contributed by atoms with E-state index in [1.165, 1.54) is 27.8 Å². The second kappa shape index (κ2) is 10.6. The van der Waals surface area contributed by atoms with Crippen LogP contribution in [0.4, 0.5) is 0 Å². The van der Waals surface area contributed by atoms with Crippen LogP contribution in [0.25, 0.3) is 5.57 Å². The molecule has 0 amide bonds. The minimum atomic E-state index is 0.220. The normalized spacial score (nSPS) is 18.8. The Morgan fingerprint density at radius 1 is 1.06 bits per heavy atom. The maximum atomic E-state index is 6.62. The third-order valence-corrected chi connectivity index (χ3v) is 7.61. The summed E-state index contributed by atoms with van der Waals surface area (Å²) in [6, 6.07) is 16.8. The zero-order chi connectivity index (χ0) is 24.2. The zero-order valence-corrected chi connectivity index (χ0v) is 21.0. The molecule has 1 aliphatic heterocycles. The molecule has 1 fully saturated rings. The summed E-state index contributed by atoms with van der Waals surface area (Å²) in [5, 5.41) is 0.818. The first-order chi connectivity index (χ1) is 17.1. The van der Waals surface area contributed by atoms with Gasteiger partial charge in [0.2, 0.25) is 0 Å². The first-order valence-electron chi connectivity index (χ1n) is 12.3. The highest BCUT2D eigenvalue weighted by Gasteiger charge is 2.26. The van der Waals surface area contributed by atoms with E-state index in [-0.39, 0.29) is 5.92 Å². The van der Waals surface area contributed by atoms with Crippen LogP contribution in [0.1, 0.15) is 36.0 Å². The average molecular weight is 486 g/mol. The lowest BCUT2D eigenvalue weighted by molar-refractivity contribution is 0.154. The molecule has 180 valence electrons. The summed E-state index contributed by atoms with van der Waals surface area (Å²) in [6.07, 6.45) is 8.64. The molecule has 0 spiro atoms. The van der Waals surface area contributed by atoms with Crippen molar-refractivity contribution in [3.8, 4) is 0 Å². The lowest BCUT2D eigenvalue weighted by Gasteiger charge is -2.35. The van der Waals surface area contributed by atoms with Crippen LogP contribution in [-0.2, 0) is 6.54 Å². The van der Waals surface area contributed by atoms with Crippen LogP contribution < -0.4 is 0 Å². The van der Waals surface area contributed by atoms with Gasteiger partial charge in [0.15, 0.2) is 0 Å². The standard InChI is InChI=1S/C29H32ClN5/c1-22-24(19-28(26-8-4-3-7-25(22)26)27-9-5-6-10-29(27)30)20-32-23(2)35-17-15-33(16-18-35)13-14-34-12-11-31-21-34/h3-12,20-21,28H,2,13-19H2,1H3/b32-20-. The molecular weight excluding hydrogens is 454 g/mol. The van der Waals surface area contributed by atoms with E-state index < -0.39 is 0 Å². The molecule has 1 saturated heterocycles. The van der Waals surface area contributed by atoms with E-state index in [9.17, 15) is 0 Å².